The molecule has 0 heterocycles. The molecule has 1 aromatic rings. The van der Waals surface area contributed by atoms with Gasteiger partial charge in [0.05, 0.1) is 12.8 Å². The van der Waals surface area contributed by atoms with Crippen LogP contribution in [0.5, 0.6) is 5.75 Å². The van der Waals surface area contributed by atoms with Crippen LogP contribution in [0, 0.1) is 5.92 Å². The number of rotatable bonds is 3. The van der Waals surface area contributed by atoms with Crippen molar-refractivity contribution in [2.75, 3.05) is 12.8 Å². The van der Waals surface area contributed by atoms with Gasteiger partial charge in [-0.25, -0.2) is 0 Å². The number of ether oxygens (including phenoxy) is 1. The first-order valence-electron chi connectivity index (χ1n) is 6.22. The molecule has 16 heavy (non-hydrogen) atoms. The highest BCUT2D eigenvalue weighted by Gasteiger charge is 2.14. The molecule has 0 saturated heterocycles. The van der Waals surface area contributed by atoms with Gasteiger partial charge in [-0.2, -0.15) is 0 Å². The highest BCUT2D eigenvalue weighted by Crippen LogP contribution is 2.29. The maximum absolute atomic E-state index is 5.91. The summed E-state index contributed by atoms with van der Waals surface area (Å²) in [4.78, 5) is 0. The van der Waals surface area contributed by atoms with Crippen LogP contribution < -0.4 is 10.5 Å². The quantitative estimate of drug-likeness (QED) is 0.791. The van der Waals surface area contributed by atoms with E-state index in [0.717, 1.165) is 17.4 Å². The van der Waals surface area contributed by atoms with E-state index >= 15 is 0 Å². The molecule has 0 bridgehead atoms. The summed E-state index contributed by atoms with van der Waals surface area (Å²) in [7, 11) is 1.66. The van der Waals surface area contributed by atoms with E-state index in [9.17, 15) is 0 Å². The predicted octanol–water partition coefficient (Wildman–Crippen LogP) is 3.40. The van der Waals surface area contributed by atoms with Gasteiger partial charge < -0.3 is 10.5 Å². The van der Waals surface area contributed by atoms with Crippen LogP contribution in [-0.2, 0) is 6.42 Å². The van der Waals surface area contributed by atoms with Crippen LogP contribution in [0.3, 0.4) is 0 Å². The molecule has 1 saturated carbocycles. The number of hydrogen-bond acceptors (Lipinski definition) is 2. The summed E-state index contributed by atoms with van der Waals surface area (Å²) in [6, 6.07) is 6.19. The number of hydrogen-bond donors (Lipinski definition) is 1. The molecule has 0 aromatic heterocycles. The summed E-state index contributed by atoms with van der Waals surface area (Å²) < 4.78 is 5.16. The van der Waals surface area contributed by atoms with Gasteiger partial charge in [-0.05, 0) is 30.0 Å². The van der Waals surface area contributed by atoms with E-state index in [-0.39, 0.29) is 0 Å². The monoisotopic (exact) mass is 219 g/mol. The molecule has 2 rings (SSSR count). The molecule has 1 aliphatic rings. The van der Waals surface area contributed by atoms with Crippen molar-refractivity contribution < 1.29 is 4.74 Å². The minimum atomic E-state index is 0.760. The molecule has 88 valence electrons. The molecule has 1 aliphatic carbocycles. The number of nitrogen functional groups attached to an aromatic ring is 1. The van der Waals surface area contributed by atoms with Crippen LogP contribution in [0.1, 0.15) is 37.7 Å². The van der Waals surface area contributed by atoms with Crippen molar-refractivity contribution in [1.29, 1.82) is 0 Å². The molecule has 2 heteroatoms. The molecular weight excluding hydrogens is 198 g/mol. The number of anilines is 1. The van der Waals surface area contributed by atoms with Crippen molar-refractivity contribution in [2.45, 2.75) is 38.5 Å². The molecule has 0 unspecified atom stereocenters. The van der Waals surface area contributed by atoms with Gasteiger partial charge in [-0.3, -0.25) is 0 Å². The van der Waals surface area contributed by atoms with Crippen LogP contribution in [-0.4, -0.2) is 7.11 Å². The van der Waals surface area contributed by atoms with Crippen LogP contribution in [0.15, 0.2) is 18.2 Å². The minimum Gasteiger partial charge on any atom is -0.495 e. The minimum absolute atomic E-state index is 0.760. The van der Waals surface area contributed by atoms with Crippen LogP contribution >= 0.6 is 0 Å². The third-order valence-electron chi connectivity index (χ3n) is 3.54. The van der Waals surface area contributed by atoms with Crippen molar-refractivity contribution >= 4 is 5.69 Å². The van der Waals surface area contributed by atoms with Gasteiger partial charge in [-0.15, -0.1) is 0 Å². The van der Waals surface area contributed by atoms with Crippen molar-refractivity contribution in [3.8, 4) is 5.75 Å². The fraction of sp³-hybridized carbons (Fsp3) is 0.571. The molecule has 1 fully saturated rings. The topological polar surface area (TPSA) is 35.2 Å². The number of nitrogens with two attached hydrogens (primary N) is 1. The average Bonchev–Trinajstić information content (AvgIpc) is 2.31. The molecule has 0 atom stereocenters. The summed E-state index contributed by atoms with van der Waals surface area (Å²) in [5, 5.41) is 0. The maximum Gasteiger partial charge on any atom is 0.141 e. The summed E-state index contributed by atoms with van der Waals surface area (Å²) in [5.74, 6) is 1.65. The summed E-state index contributed by atoms with van der Waals surface area (Å²) in [6.07, 6.45) is 8.15. The molecular formula is C14H21NO. The third-order valence-corrected chi connectivity index (χ3v) is 3.54. The van der Waals surface area contributed by atoms with Gasteiger partial charge >= 0.3 is 0 Å². The molecule has 0 aliphatic heterocycles. The lowest BCUT2D eigenvalue weighted by Crippen LogP contribution is -2.09. The Kier molecular flexibility index (Phi) is 3.70. The Morgan fingerprint density at radius 1 is 1.25 bits per heavy atom. The van der Waals surface area contributed by atoms with E-state index < -0.39 is 0 Å². The van der Waals surface area contributed by atoms with E-state index in [1.165, 1.54) is 44.1 Å². The second-order valence-electron chi connectivity index (χ2n) is 4.78. The Balaban J connectivity index is 2.01. The summed E-state index contributed by atoms with van der Waals surface area (Å²) in [6.45, 7) is 0. The van der Waals surface area contributed by atoms with Crippen molar-refractivity contribution in [3.63, 3.8) is 0 Å². The first-order chi connectivity index (χ1) is 7.79. The molecule has 2 N–H and O–H groups in total. The highest BCUT2D eigenvalue weighted by atomic mass is 16.5. The predicted molar refractivity (Wildman–Crippen MR) is 67.7 cm³/mol. The standard InChI is InChI=1S/C14H21NO/c1-16-14-8-7-12(10-13(14)15)9-11-5-3-2-4-6-11/h7-8,10-11H,2-6,9,15H2,1H3. The Morgan fingerprint density at radius 3 is 2.62 bits per heavy atom. The maximum atomic E-state index is 5.91. The lowest BCUT2D eigenvalue weighted by atomic mass is 9.85. The second-order valence-corrected chi connectivity index (χ2v) is 4.78. The number of benzene rings is 1. The normalized spacial score (nSPS) is 17.3. The van der Waals surface area contributed by atoms with Crippen molar-refractivity contribution in [2.24, 2.45) is 5.92 Å². The molecule has 1 aromatic carbocycles. The Bertz CT molecular complexity index is 343. The first kappa shape index (κ1) is 11.3. The van der Waals surface area contributed by atoms with E-state index in [2.05, 4.69) is 12.1 Å². The molecule has 2 nitrogen and oxygen atoms in total. The van der Waals surface area contributed by atoms with Crippen molar-refractivity contribution in [1.82, 2.24) is 0 Å². The zero-order valence-electron chi connectivity index (χ0n) is 10.0. The zero-order chi connectivity index (χ0) is 11.4. The SMILES string of the molecule is COc1ccc(CC2CCCCC2)cc1N. The van der Waals surface area contributed by atoms with Gasteiger partial charge in [0.25, 0.3) is 0 Å². The lowest BCUT2D eigenvalue weighted by Gasteiger charge is -2.21. The Labute approximate surface area is 97.8 Å². The molecule has 0 spiro atoms. The van der Waals surface area contributed by atoms with Gasteiger partial charge in [0.15, 0.2) is 0 Å². The van der Waals surface area contributed by atoms with E-state index in [1.54, 1.807) is 7.11 Å². The van der Waals surface area contributed by atoms with Gasteiger partial charge in [0, 0.05) is 0 Å². The van der Waals surface area contributed by atoms with Gasteiger partial charge in [-0.1, -0.05) is 38.2 Å². The largest absolute Gasteiger partial charge is 0.495 e. The van der Waals surface area contributed by atoms with E-state index in [4.69, 9.17) is 10.5 Å². The number of methoxy groups -OCH3 is 1. The molecule has 0 amide bonds. The smallest absolute Gasteiger partial charge is 0.141 e. The fourth-order valence-electron chi connectivity index (χ4n) is 2.64. The lowest BCUT2D eigenvalue weighted by molar-refractivity contribution is 0.356. The van der Waals surface area contributed by atoms with E-state index in [0.29, 0.717) is 0 Å². The van der Waals surface area contributed by atoms with Crippen LogP contribution in [0.2, 0.25) is 0 Å². The fourth-order valence-corrected chi connectivity index (χ4v) is 2.64. The van der Waals surface area contributed by atoms with E-state index in [1.807, 2.05) is 6.07 Å². The highest BCUT2D eigenvalue weighted by molar-refractivity contribution is 5.54. The zero-order valence-corrected chi connectivity index (χ0v) is 10.0. The Morgan fingerprint density at radius 2 is 2.00 bits per heavy atom. The van der Waals surface area contributed by atoms with Crippen molar-refractivity contribution in [3.05, 3.63) is 23.8 Å². The van der Waals surface area contributed by atoms with Gasteiger partial charge in [0.2, 0.25) is 0 Å². The third kappa shape index (κ3) is 2.69. The first-order valence-corrected chi connectivity index (χ1v) is 6.22. The van der Waals surface area contributed by atoms with Crippen LogP contribution in [0.4, 0.5) is 5.69 Å². The molecule has 0 radical (unpaired) electrons. The summed E-state index contributed by atoms with van der Waals surface area (Å²) >= 11 is 0. The Hall–Kier alpha value is -1.18. The summed E-state index contributed by atoms with van der Waals surface area (Å²) in [5.41, 5.74) is 8.02. The van der Waals surface area contributed by atoms with Gasteiger partial charge in [0.1, 0.15) is 5.75 Å². The second kappa shape index (κ2) is 5.24. The average molecular weight is 219 g/mol. The van der Waals surface area contributed by atoms with Crippen LogP contribution in [0.25, 0.3) is 0 Å².